The van der Waals surface area contributed by atoms with Crippen molar-refractivity contribution < 1.29 is 13.6 Å². The molecule has 2 bridgehead atoms. The maximum absolute atomic E-state index is 15.6. The monoisotopic (exact) mass is 502 g/mol. The largest absolute Gasteiger partial charge is 0.381 e. The van der Waals surface area contributed by atoms with Gasteiger partial charge in [0.1, 0.15) is 17.2 Å². The van der Waals surface area contributed by atoms with Gasteiger partial charge in [0, 0.05) is 43.2 Å². The van der Waals surface area contributed by atoms with Gasteiger partial charge in [0.05, 0.1) is 28.5 Å². The first-order valence-electron chi connectivity index (χ1n) is 13.2. The molecule has 3 fully saturated rings. The Balaban J connectivity index is 1.27. The Labute approximate surface area is 212 Å². The van der Waals surface area contributed by atoms with Crippen molar-refractivity contribution in [3.63, 3.8) is 0 Å². The van der Waals surface area contributed by atoms with Crippen molar-refractivity contribution in [1.29, 1.82) is 0 Å². The average molecular weight is 503 g/mol. The Morgan fingerprint density at radius 2 is 1.84 bits per heavy atom. The zero-order chi connectivity index (χ0) is 25.2. The minimum absolute atomic E-state index is 0.00286. The van der Waals surface area contributed by atoms with Crippen LogP contribution in [0.5, 0.6) is 0 Å². The number of piperidine rings is 1. The number of fused-ring (bicyclic) bond motifs is 3. The normalized spacial score (nSPS) is 26.4. The molecule has 1 saturated heterocycles. The molecule has 4 atom stereocenters. The van der Waals surface area contributed by atoms with Gasteiger partial charge in [-0.25, -0.2) is 13.8 Å². The molecule has 1 unspecified atom stereocenters. The number of carbonyl (C=O) groups is 1. The highest BCUT2D eigenvalue weighted by atomic mass is 19.1. The van der Waals surface area contributed by atoms with E-state index in [2.05, 4.69) is 9.88 Å². The molecule has 8 rings (SSSR count). The molecule has 9 heteroatoms. The van der Waals surface area contributed by atoms with Crippen LogP contribution in [0, 0.1) is 23.5 Å². The van der Waals surface area contributed by atoms with Gasteiger partial charge in [-0.2, -0.15) is 0 Å². The summed E-state index contributed by atoms with van der Waals surface area (Å²) in [4.78, 5) is 20.1. The molecule has 2 aliphatic heterocycles. The smallest absolute Gasteiger partial charge is 0.254 e. The number of benzene rings is 2. The summed E-state index contributed by atoms with van der Waals surface area (Å²) in [6, 6.07) is 8.32. The average Bonchev–Trinajstić information content (AvgIpc) is 3.34. The van der Waals surface area contributed by atoms with Gasteiger partial charge in [-0.15, -0.1) is 0 Å². The molecule has 4 aromatic rings. The topological polar surface area (TPSA) is 81.1 Å². The molecule has 37 heavy (non-hydrogen) atoms. The minimum Gasteiger partial charge on any atom is -0.381 e. The number of imidazole rings is 1. The quantitative estimate of drug-likeness (QED) is 0.435. The number of likely N-dealkylation sites (tertiary alicyclic amines) is 1. The van der Waals surface area contributed by atoms with E-state index in [-0.39, 0.29) is 29.8 Å². The fraction of sp³-hybridized carbons (Fsp3) is 0.429. The van der Waals surface area contributed by atoms with Crippen molar-refractivity contribution in [1.82, 2.24) is 19.0 Å². The molecule has 2 aliphatic carbocycles. The first-order valence-corrected chi connectivity index (χ1v) is 13.2. The first kappa shape index (κ1) is 21.6. The number of aryl methyl sites for hydroxylation is 1. The van der Waals surface area contributed by atoms with Crippen LogP contribution < -0.4 is 11.1 Å². The Kier molecular flexibility index (Phi) is 4.27. The highest BCUT2D eigenvalue weighted by Gasteiger charge is 2.47. The van der Waals surface area contributed by atoms with Crippen LogP contribution >= 0.6 is 0 Å². The van der Waals surface area contributed by atoms with Gasteiger partial charge in [-0.1, -0.05) is 0 Å². The number of nitrogens with one attached hydrogen (secondary N) is 1. The van der Waals surface area contributed by atoms with Crippen LogP contribution in [0.15, 0.2) is 30.3 Å². The second-order valence-electron chi connectivity index (χ2n) is 11.3. The van der Waals surface area contributed by atoms with Crippen LogP contribution in [-0.4, -0.2) is 50.1 Å². The van der Waals surface area contributed by atoms with Gasteiger partial charge in [0.15, 0.2) is 5.82 Å². The SMILES string of the molecule is Cn1c(-c2cc3cc(F)cc4c3n2C(C2CC2)CN4)nc2cc(C(=O)N3C[C@H]4CC[C@@H]3[C@@H]4N)cc(F)c21. The Hall–Kier alpha value is -3.46. The number of hydrogen-bond acceptors (Lipinski definition) is 4. The molecular weight excluding hydrogens is 474 g/mol. The molecule has 1 amide bonds. The number of amides is 1. The fourth-order valence-corrected chi connectivity index (χ4v) is 7.25. The van der Waals surface area contributed by atoms with Crippen LogP contribution in [0.25, 0.3) is 33.5 Å². The second-order valence-corrected chi connectivity index (χ2v) is 11.3. The van der Waals surface area contributed by atoms with Crippen molar-refractivity contribution in [2.75, 3.05) is 18.4 Å². The third-order valence-electron chi connectivity index (χ3n) is 9.21. The minimum atomic E-state index is -0.474. The summed E-state index contributed by atoms with van der Waals surface area (Å²) in [5.74, 6) is 0.539. The summed E-state index contributed by atoms with van der Waals surface area (Å²) in [6.45, 7) is 1.35. The molecule has 0 radical (unpaired) electrons. The number of anilines is 1. The maximum Gasteiger partial charge on any atom is 0.254 e. The number of nitrogens with zero attached hydrogens (tertiary/aromatic N) is 4. The predicted octanol–water partition coefficient (Wildman–Crippen LogP) is 4.41. The van der Waals surface area contributed by atoms with Crippen molar-refractivity contribution in [3.8, 4) is 11.5 Å². The molecule has 7 nitrogen and oxygen atoms in total. The van der Waals surface area contributed by atoms with Gasteiger partial charge >= 0.3 is 0 Å². The molecule has 2 aromatic heterocycles. The molecule has 190 valence electrons. The third-order valence-corrected chi connectivity index (χ3v) is 9.21. The van der Waals surface area contributed by atoms with E-state index < -0.39 is 5.82 Å². The molecule has 2 saturated carbocycles. The summed E-state index contributed by atoms with van der Waals surface area (Å²) in [6.07, 6.45) is 4.27. The summed E-state index contributed by atoms with van der Waals surface area (Å²) in [5, 5.41) is 4.21. The Morgan fingerprint density at radius 3 is 2.57 bits per heavy atom. The number of hydrogen-bond donors (Lipinski definition) is 2. The molecule has 0 spiro atoms. The van der Waals surface area contributed by atoms with Gasteiger partial charge in [-0.3, -0.25) is 4.79 Å². The predicted molar refractivity (Wildman–Crippen MR) is 137 cm³/mol. The van der Waals surface area contributed by atoms with Gasteiger partial charge in [0.25, 0.3) is 5.91 Å². The van der Waals surface area contributed by atoms with E-state index in [0.29, 0.717) is 40.8 Å². The highest BCUT2D eigenvalue weighted by molar-refractivity contribution is 6.00. The van der Waals surface area contributed by atoms with Crippen molar-refractivity contribution >= 4 is 33.5 Å². The van der Waals surface area contributed by atoms with E-state index >= 15 is 4.39 Å². The number of aromatic nitrogens is 3. The van der Waals surface area contributed by atoms with Crippen LogP contribution in [-0.2, 0) is 7.05 Å². The van der Waals surface area contributed by atoms with E-state index in [1.54, 1.807) is 23.7 Å². The van der Waals surface area contributed by atoms with Crippen LogP contribution in [0.2, 0.25) is 0 Å². The number of nitrogens with two attached hydrogens (primary N) is 1. The number of rotatable bonds is 3. The second kappa shape index (κ2) is 7.31. The third kappa shape index (κ3) is 2.94. The summed E-state index contributed by atoms with van der Waals surface area (Å²) >= 11 is 0. The van der Waals surface area contributed by atoms with E-state index in [9.17, 15) is 9.18 Å². The lowest BCUT2D eigenvalue weighted by atomic mass is 10.1. The van der Waals surface area contributed by atoms with E-state index in [0.717, 1.165) is 54.5 Å². The Bertz CT molecular complexity index is 1640. The first-order chi connectivity index (χ1) is 17.9. The van der Waals surface area contributed by atoms with Gasteiger partial charge < -0.3 is 25.1 Å². The molecule has 4 aliphatic rings. The van der Waals surface area contributed by atoms with Crippen molar-refractivity contribution in [2.24, 2.45) is 24.6 Å². The maximum atomic E-state index is 15.6. The number of carbonyl (C=O) groups excluding carboxylic acids is 1. The highest BCUT2D eigenvalue weighted by Crippen LogP contribution is 2.47. The van der Waals surface area contributed by atoms with E-state index in [1.807, 2.05) is 11.0 Å². The van der Waals surface area contributed by atoms with Crippen molar-refractivity contribution in [3.05, 3.63) is 47.5 Å². The van der Waals surface area contributed by atoms with Crippen LogP contribution in [0.4, 0.5) is 14.5 Å². The van der Waals surface area contributed by atoms with Gasteiger partial charge in [-0.05, 0) is 67.9 Å². The van der Waals surface area contributed by atoms with Crippen LogP contribution in [0.3, 0.4) is 0 Å². The molecular formula is C28H28F2N6O. The lowest BCUT2D eigenvalue weighted by Crippen LogP contribution is -2.41. The lowest BCUT2D eigenvalue weighted by molar-refractivity contribution is 0.0700. The summed E-state index contributed by atoms with van der Waals surface area (Å²) < 4.78 is 34.0. The Morgan fingerprint density at radius 1 is 1.03 bits per heavy atom. The van der Waals surface area contributed by atoms with E-state index in [4.69, 9.17) is 10.7 Å². The molecule has 3 N–H and O–H groups in total. The zero-order valence-corrected chi connectivity index (χ0v) is 20.5. The fourth-order valence-electron chi connectivity index (χ4n) is 7.25. The zero-order valence-electron chi connectivity index (χ0n) is 20.5. The lowest BCUT2D eigenvalue weighted by Gasteiger charge is -2.29. The van der Waals surface area contributed by atoms with Crippen LogP contribution in [0.1, 0.15) is 42.1 Å². The standard InChI is InChI=1S/C28H28F2N6O/c1-34-26-18(30)7-16(28(37)35-12-14-4-5-21(35)24(14)31)8-20(26)33-27(34)22-9-15-6-17(29)10-19-25(15)36(22)23(11-32-19)13-2-3-13/h6-10,13-14,21,23-24,32H,2-5,11-12,31H2,1H3/t14-,21-,23?,24-/m1/s1. The van der Waals surface area contributed by atoms with Crippen molar-refractivity contribution in [2.45, 2.75) is 43.8 Å². The van der Waals surface area contributed by atoms with Gasteiger partial charge in [0.2, 0.25) is 0 Å². The summed E-state index contributed by atoms with van der Waals surface area (Å²) in [5.41, 5.74) is 9.98. The molecule has 4 heterocycles. The number of halogens is 2. The molecule has 2 aromatic carbocycles. The van der Waals surface area contributed by atoms with E-state index in [1.165, 1.54) is 12.1 Å². The summed E-state index contributed by atoms with van der Waals surface area (Å²) in [7, 11) is 1.80.